The smallest absolute Gasteiger partial charge is 0.0591 e. The van der Waals surface area contributed by atoms with Crippen molar-refractivity contribution in [2.24, 2.45) is 0 Å². The van der Waals surface area contributed by atoms with Crippen molar-refractivity contribution in [1.82, 2.24) is 6.15 Å². The fraction of sp³-hybridized carbons (Fsp3) is 1.00. The molecule has 0 saturated heterocycles. The Morgan fingerprint density at radius 2 is 0.833 bits per heavy atom. The standard InChI is InChI=1S/C13H30P.3HI.H3N/c1-5-8-11-14(4,12-9-6-2)13-10-7-3;;;;/h5-13H2,1-4H3;3*1H;1H3/q+1;;;;. The first-order valence-electron chi connectivity index (χ1n) is 6.52. The van der Waals surface area contributed by atoms with Crippen LogP contribution in [0.3, 0.4) is 0 Å². The lowest BCUT2D eigenvalue weighted by atomic mass is 10.4. The fourth-order valence-corrected chi connectivity index (χ4v) is 5.86. The molecule has 1 nitrogen and oxygen atoms in total. The van der Waals surface area contributed by atoms with Gasteiger partial charge in [-0.3, -0.25) is 0 Å². The lowest BCUT2D eigenvalue weighted by Crippen LogP contribution is -2.07. The Morgan fingerprint density at radius 1 is 0.611 bits per heavy atom. The van der Waals surface area contributed by atoms with Crippen LogP contribution in [-0.2, 0) is 0 Å². The summed E-state index contributed by atoms with van der Waals surface area (Å²) in [5, 5.41) is 0. The van der Waals surface area contributed by atoms with Gasteiger partial charge in [-0.15, -0.1) is 71.9 Å². The van der Waals surface area contributed by atoms with Crippen LogP contribution in [0.5, 0.6) is 0 Å². The van der Waals surface area contributed by atoms with Crippen LogP contribution >= 0.6 is 79.2 Å². The van der Waals surface area contributed by atoms with Crippen molar-refractivity contribution in [2.75, 3.05) is 25.2 Å². The van der Waals surface area contributed by atoms with Gasteiger partial charge in [-0.1, -0.05) is 40.0 Å². The first-order chi connectivity index (χ1) is 6.68. The van der Waals surface area contributed by atoms with Gasteiger partial charge in [-0.25, -0.2) is 0 Å². The maximum Gasteiger partial charge on any atom is 0.0591 e. The van der Waals surface area contributed by atoms with Gasteiger partial charge < -0.3 is 6.15 Å². The monoisotopic (exact) mass is 618 g/mol. The van der Waals surface area contributed by atoms with Crippen LogP contribution in [-0.4, -0.2) is 25.2 Å². The highest BCUT2D eigenvalue weighted by Gasteiger charge is 2.28. The molecule has 0 aromatic heterocycles. The van der Waals surface area contributed by atoms with Gasteiger partial charge in [-0.2, -0.15) is 0 Å². The van der Waals surface area contributed by atoms with E-state index in [1.54, 1.807) is 18.5 Å². The average Bonchev–Trinajstić information content (AvgIpc) is 2.21. The van der Waals surface area contributed by atoms with E-state index in [1.165, 1.54) is 38.5 Å². The van der Waals surface area contributed by atoms with E-state index in [2.05, 4.69) is 27.4 Å². The quantitative estimate of drug-likeness (QED) is 0.218. The maximum atomic E-state index is 2.62. The van der Waals surface area contributed by atoms with E-state index in [1.807, 2.05) is 0 Å². The molecule has 0 fully saturated rings. The fourth-order valence-electron chi connectivity index (χ4n) is 1.95. The molecule has 0 heterocycles. The van der Waals surface area contributed by atoms with E-state index in [0.717, 1.165) is 0 Å². The first-order valence-corrected chi connectivity index (χ1v) is 9.31. The molecule has 0 aromatic carbocycles. The number of halogens is 3. The van der Waals surface area contributed by atoms with Crippen LogP contribution in [0.4, 0.5) is 0 Å². The molecule has 0 unspecified atom stereocenters. The predicted octanol–water partition coefficient (Wildman–Crippen LogP) is 7.05. The highest BCUT2D eigenvalue weighted by Crippen LogP contribution is 2.57. The lowest BCUT2D eigenvalue weighted by molar-refractivity contribution is 0.838. The minimum Gasteiger partial charge on any atom is -0.344 e. The minimum absolute atomic E-state index is 0. The molecule has 0 aromatic rings. The van der Waals surface area contributed by atoms with Crippen molar-refractivity contribution in [2.45, 2.75) is 59.3 Å². The van der Waals surface area contributed by atoms with E-state index in [9.17, 15) is 0 Å². The van der Waals surface area contributed by atoms with E-state index in [0.29, 0.717) is 0 Å². The van der Waals surface area contributed by atoms with Gasteiger partial charge >= 0.3 is 0 Å². The molecule has 0 bridgehead atoms. The Labute approximate surface area is 168 Å². The van der Waals surface area contributed by atoms with E-state index < -0.39 is 7.26 Å². The van der Waals surface area contributed by atoms with Gasteiger partial charge in [-0.05, 0) is 19.3 Å². The highest BCUT2D eigenvalue weighted by molar-refractivity contribution is 14.0. The summed E-state index contributed by atoms with van der Waals surface area (Å²) in [5.74, 6) is 0. The van der Waals surface area contributed by atoms with Crippen molar-refractivity contribution < 1.29 is 0 Å². The summed E-state index contributed by atoms with van der Waals surface area (Å²) in [7, 11) is -0.519. The SMILES string of the molecule is CCCC[P+](C)(CCCC)CCCC.I.I.I.N. The third-order valence-electron chi connectivity index (χ3n) is 3.15. The van der Waals surface area contributed by atoms with E-state index in [4.69, 9.17) is 0 Å². The lowest BCUT2D eigenvalue weighted by Gasteiger charge is -2.22. The highest BCUT2D eigenvalue weighted by atomic mass is 127. The molecule has 3 N–H and O–H groups in total. The zero-order valence-corrected chi connectivity index (χ0v) is 20.6. The Bertz CT molecular complexity index is 116. The van der Waals surface area contributed by atoms with Crippen molar-refractivity contribution >= 4 is 79.2 Å². The molecule has 0 amide bonds. The second kappa shape index (κ2) is 21.9. The van der Waals surface area contributed by atoms with Gasteiger partial charge in [0.2, 0.25) is 0 Å². The molecule has 0 spiro atoms. The first kappa shape index (κ1) is 32.5. The number of hydrogen-bond acceptors (Lipinski definition) is 1. The summed E-state index contributed by atoms with van der Waals surface area (Å²) in [6.45, 7) is 9.59. The van der Waals surface area contributed by atoms with Crippen LogP contribution in [0, 0.1) is 0 Å². The largest absolute Gasteiger partial charge is 0.344 e. The molecule has 0 aliphatic carbocycles. The van der Waals surface area contributed by atoms with Gasteiger partial charge in [0.25, 0.3) is 0 Å². The number of unbranched alkanes of at least 4 members (excludes halogenated alkanes) is 3. The van der Waals surface area contributed by atoms with E-state index >= 15 is 0 Å². The summed E-state index contributed by atoms with van der Waals surface area (Å²) < 4.78 is 0. The Morgan fingerprint density at radius 3 is 1.00 bits per heavy atom. The normalized spacial score (nSPS) is 9.33. The summed E-state index contributed by atoms with van der Waals surface area (Å²) in [6, 6.07) is 0. The van der Waals surface area contributed by atoms with Gasteiger partial charge in [0.05, 0.1) is 18.5 Å². The summed E-state index contributed by atoms with van der Waals surface area (Å²) in [6.07, 6.45) is 13.2. The Balaban J connectivity index is -0.000000141. The van der Waals surface area contributed by atoms with Crippen LogP contribution in [0.15, 0.2) is 0 Å². The summed E-state index contributed by atoms with van der Waals surface area (Å²) in [5.41, 5.74) is 0. The second-order valence-corrected chi connectivity index (χ2v) is 9.43. The van der Waals surface area contributed by atoms with Crippen LogP contribution in [0.2, 0.25) is 0 Å². The van der Waals surface area contributed by atoms with Crippen molar-refractivity contribution in [3.8, 4) is 0 Å². The third-order valence-corrected chi connectivity index (χ3v) is 7.34. The molecular formula is C13H36I3NP+. The molecule has 5 heteroatoms. The molecule has 0 saturated carbocycles. The molecule has 0 rings (SSSR count). The van der Waals surface area contributed by atoms with E-state index in [-0.39, 0.29) is 78.1 Å². The van der Waals surface area contributed by atoms with Crippen molar-refractivity contribution in [3.63, 3.8) is 0 Å². The zero-order chi connectivity index (χ0) is 10.9. The molecule has 18 heavy (non-hydrogen) atoms. The Kier molecular flexibility index (Phi) is 39.5. The topological polar surface area (TPSA) is 35.0 Å². The molecule has 0 radical (unpaired) electrons. The van der Waals surface area contributed by atoms with Crippen molar-refractivity contribution in [3.05, 3.63) is 0 Å². The maximum absolute atomic E-state index is 2.62. The molecule has 118 valence electrons. The average molecular weight is 618 g/mol. The van der Waals surface area contributed by atoms with Gasteiger partial charge in [0.1, 0.15) is 0 Å². The zero-order valence-electron chi connectivity index (χ0n) is 12.7. The number of hydrogen-bond donors (Lipinski definition) is 1. The summed E-state index contributed by atoms with van der Waals surface area (Å²) in [4.78, 5) is 0. The van der Waals surface area contributed by atoms with Gasteiger partial charge in [0, 0.05) is 13.9 Å². The van der Waals surface area contributed by atoms with Crippen LogP contribution < -0.4 is 6.15 Å². The predicted molar refractivity (Wildman–Crippen MR) is 123 cm³/mol. The second-order valence-electron chi connectivity index (χ2n) is 4.85. The van der Waals surface area contributed by atoms with Crippen LogP contribution in [0.1, 0.15) is 59.3 Å². The van der Waals surface area contributed by atoms with Gasteiger partial charge in [0.15, 0.2) is 0 Å². The minimum atomic E-state index is -0.519. The summed E-state index contributed by atoms with van der Waals surface area (Å²) >= 11 is 0. The Hall–Kier alpha value is 2.58. The molecule has 0 aliphatic heterocycles. The van der Waals surface area contributed by atoms with Crippen LogP contribution in [0.25, 0.3) is 0 Å². The number of rotatable bonds is 9. The third kappa shape index (κ3) is 18.6. The van der Waals surface area contributed by atoms with Crippen molar-refractivity contribution in [1.29, 1.82) is 0 Å². The molecule has 0 aliphatic rings. The molecule has 0 atom stereocenters. The molecular weight excluding hydrogens is 582 g/mol.